The second-order valence-electron chi connectivity index (χ2n) is 4.72. The second kappa shape index (κ2) is 6.74. The van der Waals surface area contributed by atoms with Crippen molar-refractivity contribution in [1.29, 1.82) is 0 Å². The maximum atomic E-state index is 12.7. The van der Waals surface area contributed by atoms with Crippen molar-refractivity contribution in [2.45, 2.75) is 4.90 Å². The van der Waals surface area contributed by atoms with Gasteiger partial charge in [-0.3, -0.25) is 9.69 Å². The van der Waals surface area contributed by atoms with Crippen LogP contribution in [0.25, 0.3) is 0 Å². The van der Waals surface area contributed by atoms with Gasteiger partial charge in [0.05, 0.1) is 11.4 Å². The molecule has 0 saturated carbocycles. The van der Waals surface area contributed by atoms with E-state index in [1.54, 1.807) is 18.2 Å². The molecule has 1 aliphatic rings. The van der Waals surface area contributed by atoms with Gasteiger partial charge in [0.2, 0.25) is 15.9 Å². The number of hydrogen-bond donors (Lipinski definition) is 1. The topological polar surface area (TPSA) is 83.7 Å². The fraction of sp³-hybridized carbons (Fsp3) is 0.417. The van der Waals surface area contributed by atoms with Crippen LogP contribution in [0.1, 0.15) is 0 Å². The highest BCUT2D eigenvalue weighted by Crippen LogP contribution is 2.28. The van der Waals surface area contributed by atoms with Crippen molar-refractivity contribution in [2.24, 2.45) is 5.73 Å². The lowest BCUT2D eigenvalue weighted by Gasteiger charge is -2.33. The van der Waals surface area contributed by atoms with Gasteiger partial charge in [0.1, 0.15) is 0 Å². The molecular weight excluding hydrogens is 426 g/mol. The largest absolute Gasteiger partial charge is 0.369 e. The molecule has 2 rings (SSSR count). The lowest BCUT2D eigenvalue weighted by atomic mass is 10.3. The van der Waals surface area contributed by atoms with Gasteiger partial charge in [-0.15, -0.1) is 0 Å². The van der Waals surface area contributed by atoms with E-state index in [1.165, 1.54) is 4.31 Å². The normalized spacial score (nSPS) is 17.8. The summed E-state index contributed by atoms with van der Waals surface area (Å²) >= 11 is 6.57. The molecule has 21 heavy (non-hydrogen) atoms. The number of sulfonamides is 1. The van der Waals surface area contributed by atoms with Crippen LogP contribution in [-0.4, -0.2) is 56.3 Å². The lowest BCUT2D eigenvalue weighted by molar-refractivity contribution is -0.119. The number of rotatable bonds is 4. The van der Waals surface area contributed by atoms with Gasteiger partial charge in [-0.2, -0.15) is 4.31 Å². The van der Waals surface area contributed by atoms with Gasteiger partial charge in [0.15, 0.2) is 0 Å². The van der Waals surface area contributed by atoms with E-state index in [2.05, 4.69) is 31.9 Å². The van der Waals surface area contributed by atoms with Crippen molar-refractivity contribution in [3.8, 4) is 0 Å². The van der Waals surface area contributed by atoms with E-state index in [0.29, 0.717) is 35.1 Å². The van der Waals surface area contributed by atoms with Crippen LogP contribution in [0.3, 0.4) is 0 Å². The maximum Gasteiger partial charge on any atom is 0.244 e. The van der Waals surface area contributed by atoms with Crippen LogP contribution >= 0.6 is 31.9 Å². The van der Waals surface area contributed by atoms with Crippen LogP contribution in [0.5, 0.6) is 0 Å². The van der Waals surface area contributed by atoms with Gasteiger partial charge in [-0.1, -0.05) is 15.9 Å². The Morgan fingerprint density at radius 3 is 2.38 bits per heavy atom. The number of halogens is 2. The monoisotopic (exact) mass is 439 g/mol. The number of benzene rings is 1. The number of piperazine rings is 1. The van der Waals surface area contributed by atoms with Crippen LogP contribution in [-0.2, 0) is 14.8 Å². The van der Waals surface area contributed by atoms with Crippen molar-refractivity contribution in [3.63, 3.8) is 0 Å². The zero-order valence-corrected chi connectivity index (χ0v) is 15.1. The Kier molecular flexibility index (Phi) is 5.42. The summed E-state index contributed by atoms with van der Waals surface area (Å²) in [5.74, 6) is -0.402. The zero-order valence-electron chi connectivity index (χ0n) is 11.1. The molecule has 1 fully saturated rings. The first-order valence-electron chi connectivity index (χ1n) is 6.26. The molecule has 6 nitrogen and oxygen atoms in total. The van der Waals surface area contributed by atoms with Crippen LogP contribution in [0.4, 0.5) is 0 Å². The van der Waals surface area contributed by atoms with Crippen molar-refractivity contribution >= 4 is 47.8 Å². The number of nitrogens with two attached hydrogens (primary N) is 1. The molecule has 2 N–H and O–H groups in total. The van der Waals surface area contributed by atoms with E-state index < -0.39 is 15.9 Å². The van der Waals surface area contributed by atoms with Crippen LogP contribution in [0.2, 0.25) is 0 Å². The predicted molar refractivity (Wildman–Crippen MR) is 86.2 cm³/mol. The van der Waals surface area contributed by atoms with E-state index >= 15 is 0 Å². The fourth-order valence-electron chi connectivity index (χ4n) is 2.16. The molecule has 1 aromatic carbocycles. The molecule has 0 radical (unpaired) electrons. The van der Waals surface area contributed by atoms with Gasteiger partial charge in [0, 0.05) is 35.1 Å². The molecule has 0 bridgehead atoms. The van der Waals surface area contributed by atoms with Gasteiger partial charge in [-0.25, -0.2) is 8.42 Å². The molecule has 0 aromatic heterocycles. The van der Waals surface area contributed by atoms with Crippen molar-refractivity contribution in [1.82, 2.24) is 9.21 Å². The summed E-state index contributed by atoms with van der Waals surface area (Å²) in [5, 5.41) is 0. The van der Waals surface area contributed by atoms with Crippen LogP contribution < -0.4 is 5.73 Å². The van der Waals surface area contributed by atoms with Gasteiger partial charge < -0.3 is 5.73 Å². The summed E-state index contributed by atoms with van der Waals surface area (Å²) < 4.78 is 28.0. The van der Waals surface area contributed by atoms with Crippen molar-refractivity contribution in [3.05, 3.63) is 27.1 Å². The summed E-state index contributed by atoms with van der Waals surface area (Å²) in [4.78, 5) is 13.0. The average molecular weight is 441 g/mol. The van der Waals surface area contributed by atoms with Crippen LogP contribution in [0, 0.1) is 0 Å². The molecule has 1 aliphatic heterocycles. The SMILES string of the molecule is NC(=O)CN1CCN(S(=O)(=O)c2cc(Br)ccc2Br)CC1. The maximum absolute atomic E-state index is 12.7. The summed E-state index contributed by atoms with van der Waals surface area (Å²) in [6.45, 7) is 1.83. The van der Waals surface area contributed by atoms with E-state index in [9.17, 15) is 13.2 Å². The molecular formula is C12H15Br2N3O3S. The summed E-state index contributed by atoms with van der Waals surface area (Å²) in [6, 6.07) is 5.05. The quantitative estimate of drug-likeness (QED) is 0.756. The van der Waals surface area contributed by atoms with Gasteiger partial charge in [-0.05, 0) is 34.1 Å². The Bertz CT molecular complexity index is 643. The van der Waals surface area contributed by atoms with Crippen LogP contribution in [0.15, 0.2) is 32.0 Å². The number of carbonyl (C=O) groups is 1. The minimum atomic E-state index is -3.55. The van der Waals surface area contributed by atoms with Gasteiger partial charge in [0.25, 0.3) is 0 Å². The minimum Gasteiger partial charge on any atom is -0.369 e. The minimum absolute atomic E-state index is 0.161. The smallest absolute Gasteiger partial charge is 0.244 e. The molecule has 0 spiro atoms. The molecule has 0 unspecified atom stereocenters. The number of carbonyl (C=O) groups excluding carboxylic acids is 1. The zero-order chi connectivity index (χ0) is 15.6. The first kappa shape index (κ1) is 16.9. The highest BCUT2D eigenvalue weighted by Gasteiger charge is 2.30. The molecule has 1 aromatic rings. The number of amides is 1. The van der Waals surface area contributed by atoms with E-state index in [4.69, 9.17) is 5.73 Å². The van der Waals surface area contributed by atoms with Crippen molar-refractivity contribution < 1.29 is 13.2 Å². The molecule has 116 valence electrons. The standard InChI is InChI=1S/C12H15Br2N3O3S/c13-9-1-2-10(14)11(7-9)21(19,20)17-5-3-16(4-6-17)8-12(15)18/h1-2,7H,3-6,8H2,(H2,15,18). The highest BCUT2D eigenvalue weighted by molar-refractivity contribution is 9.11. The molecule has 1 amide bonds. The Morgan fingerprint density at radius 2 is 1.81 bits per heavy atom. The number of hydrogen-bond acceptors (Lipinski definition) is 4. The van der Waals surface area contributed by atoms with E-state index in [-0.39, 0.29) is 11.4 Å². The second-order valence-corrected chi connectivity index (χ2v) is 8.40. The Balaban J connectivity index is 2.15. The Hall–Kier alpha value is -0.480. The third kappa shape index (κ3) is 4.04. The molecule has 9 heteroatoms. The predicted octanol–water partition coefficient (Wildman–Crippen LogP) is 1.00. The molecule has 0 aliphatic carbocycles. The third-order valence-corrected chi connectivity index (χ3v) is 6.61. The summed E-state index contributed by atoms with van der Waals surface area (Å²) in [5.41, 5.74) is 5.15. The molecule has 1 saturated heterocycles. The van der Waals surface area contributed by atoms with Gasteiger partial charge >= 0.3 is 0 Å². The summed E-state index contributed by atoms with van der Waals surface area (Å²) in [7, 11) is -3.55. The highest BCUT2D eigenvalue weighted by atomic mass is 79.9. The summed E-state index contributed by atoms with van der Waals surface area (Å²) in [6.07, 6.45) is 0. The lowest BCUT2D eigenvalue weighted by Crippen LogP contribution is -2.50. The van der Waals surface area contributed by atoms with E-state index in [0.717, 1.165) is 0 Å². The first-order valence-corrected chi connectivity index (χ1v) is 9.29. The third-order valence-electron chi connectivity index (χ3n) is 3.22. The van der Waals surface area contributed by atoms with E-state index in [1.807, 2.05) is 4.90 Å². The fourth-order valence-corrected chi connectivity index (χ4v) is 5.05. The Morgan fingerprint density at radius 1 is 1.19 bits per heavy atom. The number of nitrogens with zero attached hydrogens (tertiary/aromatic N) is 2. The first-order chi connectivity index (χ1) is 9.80. The molecule has 0 atom stereocenters. The Labute approximate surface area is 140 Å². The average Bonchev–Trinajstić information content (AvgIpc) is 2.41. The molecule has 1 heterocycles. The van der Waals surface area contributed by atoms with Crippen molar-refractivity contribution in [2.75, 3.05) is 32.7 Å². The number of primary amides is 1.